The average Bonchev–Trinajstić information content (AvgIpc) is 3.79. The summed E-state index contributed by atoms with van der Waals surface area (Å²) in [6.07, 6.45) is 3.86. The number of benzene rings is 2. The number of hydrogen-bond donors (Lipinski definition) is 3. The fourth-order valence-corrected chi connectivity index (χ4v) is 10.9. The quantitative estimate of drug-likeness (QED) is 0.0798. The molecule has 3 N–H and O–H groups in total. The van der Waals surface area contributed by atoms with Crippen LogP contribution in [0.1, 0.15) is 106 Å². The van der Waals surface area contributed by atoms with Gasteiger partial charge in [0.1, 0.15) is 23.1 Å². The summed E-state index contributed by atoms with van der Waals surface area (Å²) in [7, 11) is -2.16. The number of carbonyl (C=O) groups excluding carboxylic acids is 2. The van der Waals surface area contributed by atoms with Crippen LogP contribution in [0.4, 0.5) is 24.8 Å². The van der Waals surface area contributed by atoms with E-state index in [0.29, 0.717) is 40.8 Å². The van der Waals surface area contributed by atoms with Crippen LogP contribution in [-0.4, -0.2) is 92.7 Å². The van der Waals surface area contributed by atoms with Gasteiger partial charge in [-0.1, -0.05) is 6.07 Å². The molecule has 20 heteroatoms. The number of rotatable bonds is 14. The number of ether oxygens (including phenoxy) is 1. The number of anilines is 2. The number of nitrogens with zero attached hydrogens (tertiary/aromatic N) is 7. The Bertz CT molecular complexity index is 2790. The van der Waals surface area contributed by atoms with E-state index in [9.17, 15) is 36.0 Å². The largest absolute Gasteiger partial charge is 0.420 e. The van der Waals surface area contributed by atoms with E-state index in [0.717, 1.165) is 69.9 Å². The maximum atomic E-state index is 14.1. The number of hydrogen-bond acceptors (Lipinski definition) is 11. The summed E-state index contributed by atoms with van der Waals surface area (Å²) in [5.41, 5.74) is 2.26. The SMILES string of the molecule is Cc1cc(S(=O)(=O)NCCO[C@H]2CC[C@H](CN3CCC(c4ccc5c(c4)n(C)c(=O)n5C4CCC(=O)NC4=O)CC3)CC2)ccc1Nc1ncc(C(F)(F)F)c(-c2cnc(C)n2C(C)C)n1. The van der Waals surface area contributed by atoms with E-state index in [4.69, 9.17) is 4.74 Å². The second kappa shape index (κ2) is 19.0. The summed E-state index contributed by atoms with van der Waals surface area (Å²) in [5, 5.41) is 5.32. The Morgan fingerprint density at radius 1 is 0.924 bits per heavy atom. The van der Waals surface area contributed by atoms with Crippen LogP contribution in [0, 0.1) is 19.8 Å². The number of likely N-dealkylation sites (tertiary alicyclic amines) is 1. The molecule has 16 nitrogen and oxygen atoms in total. The van der Waals surface area contributed by atoms with Crippen molar-refractivity contribution in [1.29, 1.82) is 0 Å². The van der Waals surface area contributed by atoms with Crippen molar-refractivity contribution < 1.29 is 35.9 Å². The summed E-state index contributed by atoms with van der Waals surface area (Å²) in [6.45, 7) is 10.4. The normalized spacial score (nSPS) is 20.3. The number of sulfonamides is 1. The summed E-state index contributed by atoms with van der Waals surface area (Å²) >= 11 is 0. The fourth-order valence-electron chi connectivity index (χ4n) is 9.83. The minimum atomic E-state index is -4.70. The van der Waals surface area contributed by atoms with Gasteiger partial charge in [0.25, 0.3) is 0 Å². The highest BCUT2D eigenvalue weighted by atomic mass is 32.2. The highest BCUT2D eigenvalue weighted by molar-refractivity contribution is 7.89. The van der Waals surface area contributed by atoms with E-state index in [-0.39, 0.29) is 65.5 Å². The van der Waals surface area contributed by atoms with Gasteiger partial charge in [0, 0.05) is 44.5 Å². The molecule has 8 rings (SSSR count). The Morgan fingerprint density at radius 3 is 2.35 bits per heavy atom. The van der Waals surface area contributed by atoms with Crippen molar-refractivity contribution in [3.8, 4) is 11.4 Å². The number of imidazole rings is 2. The predicted molar refractivity (Wildman–Crippen MR) is 242 cm³/mol. The van der Waals surface area contributed by atoms with E-state index in [2.05, 4.69) is 47.3 Å². The molecular weight excluding hydrogens is 878 g/mol. The highest BCUT2D eigenvalue weighted by Gasteiger charge is 2.37. The molecule has 3 aromatic heterocycles. The number of halogens is 3. The molecule has 2 amide bonds. The third-order valence-electron chi connectivity index (χ3n) is 13.3. The molecular formula is C46H57F3N10O6S. The van der Waals surface area contributed by atoms with Gasteiger partial charge in [0.15, 0.2) is 0 Å². The van der Waals surface area contributed by atoms with Gasteiger partial charge in [-0.3, -0.25) is 24.0 Å². The zero-order valence-electron chi connectivity index (χ0n) is 37.8. The first-order valence-corrected chi connectivity index (χ1v) is 24.1. The topological polar surface area (TPSA) is 187 Å². The standard InChI is InChI=1S/C46H57F3N10O6S/c1-27(2)58-29(4)50-25-40(58)42-35(46(47,48)49)24-51-44(55-42)53-36-12-11-34(22-28(36)3)66(63,64)52-18-21-65-33-9-6-30(7-10-33)26-57-19-16-31(17-20-57)32-8-13-37-39(23-32)56(5)45(62)59(37)38-14-15-41(60)54-43(38)61/h8,11-13,22-25,27,30-31,33,38,52H,6-7,9-10,14-21,26H2,1-5H3,(H,51,53,55)(H,54,60,61)/t30-,33-,38?. The smallest absolute Gasteiger partial charge is 0.377 e. The number of imide groups is 1. The van der Waals surface area contributed by atoms with Crippen LogP contribution in [0.25, 0.3) is 22.4 Å². The molecule has 2 aromatic carbocycles. The first kappa shape index (κ1) is 47.1. The van der Waals surface area contributed by atoms with Crippen molar-refractivity contribution in [2.24, 2.45) is 13.0 Å². The molecule has 354 valence electrons. The van der Waals surface area contributed by atoms with Gasteiger partial charge in [0.05, 0.1) is 40.5 Å². The van der Waals surface area contributed by atoms with E-state index in [1.807, 2.05) is 19.9 Å². The molecule has 2 saturated heterocycles. The summed E-state index contributed by atoms with van der Waals surface area (Å²) in [4.78, 5) is 52.5. The first-order chi connectivity index (χ1) is 31.4. The second-order valence-corrected chi connectivity index (χ2v) is 19.9. The van der Waals surface area contributed by atoms with Crippen molar-refractivity contribution in [3.05, 3.63) is 81.8 Å². The maximum absolute atomic E-state index is 14.1. The van der Waals surface area contributed by atoms with Gasteiger partial charge in [-0.25, -0.2) is 32.9 Å². The molecule has 5 heterocycles. The van der Waals surface area contributed by atoms with Crippen molar-refractivity contribution >= 4 is 44.5 Å². The van der Waals surface area contributed by atoms with E-state index < -0.39 is 33.7 Å². The molecule has 3 fully saturated rings. The predicted octanol–water partition coefficient (Wildman–Crippen LogP) is 6.66. The van der Waals surface area contributed by atoms with Gasteiger partial charge in [-0.05, 0) is 139 Å². The lowest BCUT2D eigenvalue weighted by Gasteiger charge is -2.36. The summed E-state index contributed by atoms with van der Waals surface area (Å²) in [6, 6.07) is 9.64. The van der Waals surface area contributed by atoms with Crippen LogP contribution in [0.5, 0.6) is 0 Å². The third kappa shape index (κ3) is 9.96. The highest BCUT2D eigenvalue weighted by Crippen LogP contribution is 2.38. The number of fused-ring (bicyclic) bond motifs is 1. The van der Waals surface area contributed by atoms with Gasteiger partial charge >= 0.3 is 11.9 Å². The molecule has 1 unspecified atom stereocenters. The van der Waals surface area contributed by atoms with Crippen LogP contribution in [0.2, 0.25) is 0 Å². The Hall–Kier alpha value is -5.44. The zero-order valence-corrected chi connectivity index (χ0v) is 38.6. The number of aromatic nitrogens is 6. The van der Waals surface area contributed by atoms with Crippen LogP contribution >= 0.6 is 0 Å². The number of alkyl halides is 3. The molecule has 1 saturated carbocycles. The van der Waals surface area contributed by atoms with Crippen LogP contribution in [0.15, 0.2) is 58.5 Å². The Balaban J connectivity index is 0.778. The molecule has 1 aliphatic carbocycles. The minimum Gasteiger partial charge on any atom is -0.377 e. The van der Waals surface area contributed by atoms with Crippen LogP contribution < -0.4 is 21.0 Å². The Labute approximate surface area is 381 Å². The summed E-state index contributed by atoms with van der Waals surface area (Å²) < 4.78 is 82.2. The Morgan fingerprint density at radius 2 is 1.67 bits per heavy atom. The van der Waals surface area contributed by atoms with Gasteiger partial charge in [0.2, 0.25) is 27.8 Å². The van der Waals surface area contributed by atoms with Crippen molar-refractivity contribution in [2.75, 3.05) is 38.1 Å². The number of nitrogens with one attached hydrogen (secondary N) is 3. The second-order valence-electron chi connectivity index (χ2n) is 18.1. The molecule has 0 radical (unpaired) electrons. The van der Waals surface area contributed by atoms with Gasteiger partial charge in [-0.2, -0.15) is 13.2 Å². The monoisotopic (exact) mass is 934 g/mol. The molecule has 3 aliphatic rings. The lowest BCUT2D eigenvalue weighted by Crippen LogP contribution is -2.44. The lowest BCUT2D eigenvalue weighted by atomic mass is 9.85. The van der Waals surface area contributed by atoms with Crippen LogP contribution in [-0.2, 0) is 37.6 Å². The number of amides is 2. The lowest BCUT2D eigenvalue weighted by molar-refractivity contribution is -0.138. The van der Waals surface area contributed by atoms with Crippen molar-refractivity contribution in [2.45, 2.75) is 114 Å². The van der Waals surface area contributed by atoms with Crippen molar-refractivity contribution in [3.63, 3.8) is 0 Å². The minimum absolute atomic E-state index is 0.0372. The van der Waals surface area contributed by atoms with Gasteiger partial charge < -0.3 is 19.5 Å². The molecule has 66 heavy (non-hydrogen) atoms. The number of piperidine rings is 2. The van der Waals surface area contributed by atoms with Gasteiger partial charge in [-0.15, -0.1) is 0 Å². The fraction of sp³-hybridized carbons (Fsp3) is 0.522. The average molecular weight is 935 g/mol. The zero-order chi connectivity index (χ0) is 47.1. The number of carbonyl (C=O) groups is 2. The first-order valence-electron chi connectivity index (χ1n) is 22.6. The molecule has 0 spiro atoms. The van der Waals surface area contributed by atoms with E-state index in [1.165, 1.54) is 34.5 Å². The third-order valence-corrected chi connectivity index (χ3v) is 14.8. The van der Waals surface area contributed by atoms with E-state index >= 15 is 0 Å². The number of aryl methyl sites for hydroxylation is 3. The van der Waals surface area contributed by atoms with E-state index in [1.54, 1.807) is 30.0 Å². The maximum Gasteiger partial charge on any atom is 0.420 e. The molecule has 1 atom stereocenters. The van der Waals surface area contributed by atoms with Crippen molar-refractivity contribution in [1.82, 2.24) is 43.6 Å². The molecule has 5 aromatic rings. The Kier molecular flexibility index (Phi) is 13.6. The summed E-state index contributed by atoms with van der Waals surface area (Å²) in [5.74, 6) is 0.636. The molecule has 0 bridgehead atoms. The molecule has 2 aliphatic heterocycles. The van der Waals surface area contributed by atoms with Crippen LogP contribution in [0.3, 0.4) is 0 Å².